The number of piperidine rings is 1. The van der Waals surface area contributed by atoms with Crippen molar-refractivity contribution in [1.29, 1.82) is 0 Å². The minimum atomic E-state index is -0.0253. The first-order valence-electron chi connectivity index (χ1n) is 12.7. The number of hydrogen-bond donors (Lipinski definition) is 2. The number of fused-ring (bicyclic) bond motifs is 1. The number of hydrogen-bond acceptors (Lipinski definition) is 2. The van der Waals surface area contributed by atoms with Crippen molar-refractivity contribution >= 4 is 34.5 Å². The summed E-state index contributed by atoms with van der Waals surface area (Å²) < 4.78 is 0. The summed E-state index contributed by atoms with van der Waals surface area (Å²) in [5.41, 5.74) is 3.62. The number of para-hydroxylation sites is 1. The summed E-state index contributed by atoms with van der Waals surface area (Å²) >= 11 is 6.16. The molecule has 1 amide bonds. The van der Waals surface area contributed by atoms with Crippen LogP contribution in [0.15, 0.2) is 60.8 Å². The number of carbonyl (C=O) groups is 1. The molecule has 3 aromatic rings. The van der Waals surface area contributed by atoms with Gasteiger partial charge in [-0.05, 0) is 92.8 Å². The Bertz CT molecular complexity index is 1140. The van der Waals surface area contributed by atoms with Gasteiger partial charge in [0.05, 0.1) is 0 Å². The van der Waals surface area contributed by atoms with Gasteiger partial charge in [-0.3, -0.25) is 4.79 Å². The Morgan fingerprint density at radius 2 is 1.74 bits per heavy atom. The number of halogens is 1. The number of nitrogens with zero attached hydrogens (tertiary/aromatic N) is 1. The van der Waals surface area contributed by atoms with Crippen LogP contribution >= 0.6 is 11.6 Å². The van der Waals surface area contributed by atoms with E-state index < -0.39 is 0 Å². The topological polar surface area (TPSA) is 48.1 Å². The van der Waals surface area contributed by atoms with E-state index in [0.29, 0.717) is 10.9 Å². The fraction of sp³-hybridized carbons (Fsp3) is 0.414. The number of carbonyl (C=O) groups excluding carboxylic acids is 1. The zero-order chi connectivity index (χ0) is 23.3. The number of amides is 1. The van der Waals surface area contributed by atoms with Crippen LogP contribution in [-0.4, -0.2) is 41.5 Å². The highest BCUT2D eigenvalue weighted by atomic mass is 35.5. The fourth-order valence-corrected chi connectivity index (χ4v) is 5.94. The van der Waals surface area contributed by atoms with Gasteiger partial charge in [0.25, 0.3) is 0 Å². The van der Waals surface area contributed by atoms with Gasteiger partial charge in [-0.25, -0.2) is 0 Å². The number of aromatic amines is 1. The van der Waals surface area contributed by atoms with Gasteiger partial charge in [0.1, 0.15) is 0 Å². The van der Waals surface area contributed by atoms with Crippen molar-refractivity contribution in [2.24, 2.45) is 5.92 Å². The summed E-state index contributed by atoms with van der Waals surface area (Å²) in [4.78, 5) is 18.5. The minimum Gasteiger partial charge on any atom is -0.361 e. The lowest BCUT2D eigenvalue weighted by Crippen LogP contribution is -2.41. The van der Waals surface area contributed by atoms with E-state index in [4.69, 9.17) is 11.6 Å². The van der Waals surface area contributed by atoms with Crippen molar-refractivity contribution < 1.29 is 4.79 Å². The fourth-order valence-electron chi connectivity index (χ4n) is 5.74. The van der Waals surface area contributed by atoms with Gasteiger partial charge in [-0.2, -0.15) is 0 Å². The Balaban J connectivity index is 1.04. The van der Waals surface area contributed by atoms with E-state index in [1.165, 1.54) is 61.8 Å². The lowest BCUT2D eigenvalue weighted by Gasteiger charge is -2.36. The molecule has 0 unspecified atom stereocenters. The lowest BCUT2D eigenvalue weighted by atomic mass is 9.84. The highest BCUT2D eigenvalue weighted by molar-refractivity contribution is 6.32. The molecule has 2 fully saturated rings. The third kappa shape index (κ3) is 5.56. The molecule has 178 valence electrons. The van der Waals surface area contributed by atoms with Crippen molar-refractivity contribution in [3.8, 4) is 0 Å². The van der Waals surface area contributed by atoms with Gasteiger partial charge in [0.15, 0.2) is 0 Å². The number of likely N-dealkylation sites (tertiary alicyclic amines) is 1. The van der Waals surface area contributed by atoms with E-state index in [1.54, 1.807) is 12.2 Å². The maximum absolute atomic E-state index is 12.4. The third-order valence-corrected chi connectivity index (χ3v) is 8.02. The quantitative estimate of drug-likeness (QED) is 0.406. The number of H-pyrrole nitrogens is 1. The first-order chi connectivity index (χ1) is 16.7. The zero-order valence-corrected chi connectivity index (χ0v) is 20.4. The van der Waals surface area contributed by atoms with Crippen LogP contribution in [0.2, 0.25) is 5.02 Å². The van der Waals surface area contributed by atoms with Gasteiger partial charge < -0.3 is 15.2 Å². The Morgan fingerprint density at radius 3 is 2.53 bits per heavy atom. The average Bonchev–Trinajstić information content (AvgIpc) is 3.29. The molecule has 0 spiro atoms. The average molecular weight is 476 g/mol. The van der Waals surface area contributed by atoms with Crippen LogP contribution in [0.4, 0.5) is 0 Å². The summed E-state index contributed by atoms with van der Waals surface area (Å²) in [5, 5.41) is 5.24. The summed E-state index contributed by atoms with van der Waals surface area (Å²) in [6.45, 7) is 3.58. The van der Waals surface area contributed by atoms with Crippen molar-refractivity contribution in [3.63, 3.8) is 0 Å². The molecule has 1 aliphatic carbocycles. The van der Waals surface area contributed by atoms with Gasteiger partial charge >= 0.3 is 0 Å². The molecule has 2 aromatic carbocycles. The summed E-state index contributed by atoms with van der Waals surface area (Å²) in [6, 6.07) is 16.5. The van der Waals surface area contributed by atoms with E-state index in [0.717, 1.165) is 24.3 Å². The van der Waals surface area contributed by atoms with Crippen LogP contribution in [0.25, 0.3) is 17.0 Å². The normalized spacial score (nSPS) is 22.4. The van der Waals surface area contributed by atoms with E-state index in [2.05, 4.69) is 45.7 Å². The van der Waals surface area contributed by atoms with Crippen molar-refractivity contribution in [2.45, 2.75) is 50.5 Å². The molecular weight excluding hydrogens is 442 g/mol. The van der Waals surface area contributed by atoms with Gasteiger partial charge in [0.2, 0.25) is 5.91 Å². The second kappa shape index (κ2) is 10.8. The predicted octanol–water partition coefficient (Wildman–Crippen LogP) is 6.39. The summed E-state index contributed by atoms with van der Waals surface area (Å²) in [7, 11) is 0. The van der Waals surface area contributed by atoms with Crippen LogP contribution in [0, 0.1) is 5.92 Å². The molecule has 5 heteroatoms. The van der Waals surface area contributed by atoms with Crippen LogP contribution in [0.3, 0.4) is 0 Å². The molecule has 34 heavy (non-hydrogen) atoms. The van der Waals surface area contributed by atoms with Crippen molar-refractivity contribution in [1.82, 2.24) is 15.2 Å². The molecule has 0 atom stereocenters. The Morgan fingerprint density at radius 1 is 1.00 bits per heavy atom. The van der Waals surface area contributed by atoms with Crippen molar-refractivity contribution in [2.75, 3.05) is 19.6 Å². The number of aromatic nitrogens is 1. The maximum Gasteiger partial charge on any atom is 0.244 e. The zero-order valence-electron chi connectivity index (χ0n) is 19.7. The second-order valence-electron chi connectivity index (χ2n) is 9.95. The molecular formula is C29H34ClN3O. The van der Waals surface area contributed by atoms with E-state index >= 15 is 0 Å². The number of rotatable bonds is 6. The summed E-state index contributed by atoms with van der Waals surface area (Å²) in [5.74, 6) is 1.39. The predicted molar refractivity (Wildman–Crippen MR) is 141 cm³/mol. The largest absolute Gasteiger partial charge is 0.361 e. The van der Waals surface area contributed by atoms with Gasteiger partial charge in [0, 0.05) is 40.8 Å². The smallest absolute Gasteiger partial charge is 0.244 e. The second-order valence-corrected chi connectivity index (χ2v) is 10.4. The Kier molecular flexibility index (Phi) is 7.36. The molecule has 1 saturated carbocycles. The van der Waals surface area contributed by atoms with Crippen LogP contribution in [0.5, 0.6) is 0 Å². The van der Waals surface area contributed by atoms with Crippen molar-refractivity contribution in [3.05, 3.63) is 77.0 Å². The van der Waals surface area contributed by atoms with Crippen LogP contribution < -0.4 is 5.32 Å². The molecule has 2 heterocycles. The molecule has 5 rings (SSSR count). The number of nitrogens with one attached hydrogen (secondary N) is 2. The molecule has 2 N–H and O–H groups in total. The molecule has 1 saturated heterocycles. The number of benzene rings is 2. The van der Waals surface area contributed by atoms with E-state index in [9.17, 15) is 4.79 Å². The molecule has 1 aliphatic heterocycles. The van der Waals surface area contributed by atoms with E-state index in [1.807, 2.05) is 24.3 Å². The lowest BCUT2D eigenvalue weighted by molar-refractivity contribution is -0.117. The SMILES string of the molecule is O=C(/C=C/c1ccccc1Cl)NC1CCC(CN2CCC(c3c[nH]c4ccccc34)CC2)CC1. The third-order valence-electron chi connectivity index (χ3n) is 7.68. The summed E-state index contributed by atoms with van der Waals surface area (Å²) in [6.07, 6.45) is 12.6. The first-order valence-corrected chi connectivity index (χ1v) is 13.0. The maximum atomic E-state index is 12.4. The van der Waals surface area contributed by atoms with Crippen LogP contribution in [0.1, 0.15) is 55.6 Å². The van der Waals surface area contributed by atoms with Gasteiger partial charge in [-0.15, -0.1) is 0 Å². The highest BCUT2D eigenvalue weighted by Gasteiger charge is 2.27. The highest BCUT2D eigenvalue weighted by Crippen LogP contribution is 2.34. The van der Waals surface area contributed by atoms with Gasteiger partial charge in [-0.1, -0.05) is 48.0 Å². The standard InChI is InChI=1S/C29H34ClN3O/c30-27-7-3-1-5-23(27)11-14-29(34)32-24-12-9-21(10-13-24)20-33-17-15-22(16-18-33)26-19-31-28-8-4-2-6-25(26)28/h1-8,11,14,19,21-22,24,31H,9-10,12-13,15-18,20H2,(H,32,34)/b14-11+. The van der Waals surface area contributed by atoms with E-state index in [-0.39, 0.29) is 11.9 Å². The monoisotopic (exact) mass is 475 g/mol. The Hall–Kier alpha value is -2.56. The molecule has 0 bridgehead atoms. The molecule has 1 aromatic heterocycles. The minimum absolute atomic E-state index is 0.0253. The molecule has 0 radical (unpaired) electrons. The Labute approximate surface area is 207 Å². The molecule has 4 nitrogen and oxygen atoms in total. The first kappa shape index (κ1) is 23.2. The molecule has 2 aliphatic rings. The van der Waals surface area contributed by atoms with Crippen LogP contribution in [-0.2, 0) is 4.79 Å².